The summed E-state index contributed by atoms with van der Waals surface area (Å²) in [5.41, 5.74) is 1.84. The minimum absolute atomic E-state index is 0.0907. The van der Waals surface area contributed by atoms with E-state index >= 15 is 0 Å². The van der Waals surface area contributed by atoms with E-state index < -0.39 is 11.8 Å². The van der Waals surface area contributed by atoms with Crippen molar-refractivity contribution in [2.24, 2.45) is 0 Å². The minimum Gasteiger partial charge on any atom is -0.494 e. The van der Waals surface area contributed by atoms with Gasteiger partial charge < -0.3 is 19.3 Å². The maximum absolute atomic E-state index is 14.4. The number of carbonyl (C=O) groups excluding carboxylic acids is 1. The second-order valence-corrected chi connectivity index (χ2v) is 8.49. The monoisotopic (exact) mass is 453 g/mol. The van der Waals surface area contributed by atoms with Crippen molar-refractivity contribution >= 4 is 17.2 Å². The van der Waals surface area contributed by atoms with Gasteiger partial charge in [-0.15, -0.1) is 0 Å². The number of hydrogen-bond acceptors (Lipinski definition) is 6. The quantitative estimate of drug-likeness (QED) is 0.551. The van der Waals surface area contributed by atoms with Crippen LogP contribution in [0.15, 0.2) is 47.4 Å². The summed E-state index contributed by atoms with van der Waals surface area (Å²) in [4.78, 5) is 29.5. The molecule has 33 heavy (non-hydrogen) atoms. The number of methoxy groups -OCH3 is 1. The second-order valence-electron chi connectivity index (χ2n) is 8.49. The van der Waals surface area contributed by atoms with Crippen LogP contribution >= 0.6 is 0 Å². The Morgan fingerprint density at radius 2 is 1.85 bits per heavy atom. The summed E-state index contributed by atoms with van der Waals surface area (Å²) < 4.78 is 26.3. The Labute approximate surface area is 191 Å². The van der Waals surface area contributed by atoms with Crippen LogP contribution in [0.2, 0.25) is 0 Å². The zero-order valence-electron chi connectivity index (χ0n) is 19.3. The first-order valence-corrected chi connectivity index (χ1v) is 10.9. The third kappa shape index (κ3) is 4.57. The van der Waals surface area contributed by atoms with Gasteiger partial charge in [-0.25, -0.2) is 4.39 Å². The molecule has 0 aliphatic carbocycles. The third-order valence-electron chi connectivity index (χ3n) is 6.18. The first kappa shape index (κ1) is 22.8. The molecule has 0 amide bonds. The van der Waals surface area contributed by atoms with Crippen molar-refractivity contribution in [3.8, 4) is 22.6 Å². The van der Waals surface area contributed by atoms with Crippen molar-refractivity contribution < 1.29 is 18.7 Å². The molecule has 0 bridgehead atoms. The maximum Gasteiger partial charge on any atom is 0.308 e. The SMILES string of the molecule is COc1ccc(-c2cc(=O)n3cc(N4CCC(N(C)C)CC4)ccc3c2OC(C)=O)cc1F. The van der Waals surface area contributed by atoms with Crippen LogP contribution in [-0.4, -0.2) is 55.6 Å². The summed E-state index contributed by atoms with van der Waals surface area (Å²) in [6.07, 6.45) is 3.86. The number of nitrogens with zero attached hydrogens (tertiary/aromatic N) is 3. The topological polar surface area (TPSA) is 63.5 Å². The highest BCUT2D eigenvalue weighted by Gasteiger charge is 2.22. The zero-order chi connectivity index (χ0) is 23.7. The van der Waals surface area contributed by atoms with Crippen molar-refractivity contribution in [1.29, 1.82) is 0 Å². The highest BCUT2D eigenvalue weighted by atomic mass is 19.1. The number of pyridine rings is 2. The number of aromatic nitrogens is 1. The highest BCUT2D eigenvalue weighted by Crippen LogP contribution is 2.35. The van der Waals surface area contributed by atoms with E-state index in [-0.39, 0.29) is 17.1 Å². The first-order valence-electron chi connectivity index (χ1n) is 10.9. The van der Waals surface area contributed by atoms with Crippen LogP contribution in [0.1, 0.15) is 19.8 Å². The molecular weight excluding hydrogens is 425 g/mol. The van der Waals surface area contributed by atoms with Gasteiger partial charge >= 0.3 is 5.97 Å². The van der Waals surface area contributed by atoms with Gasteiger partial charge in [0.1, 0.15) is 0 Å². The number of anilines is 1. The summed E-state index contributed by atoms with van der Waals surface area (Å²) in [5, 5.41) is 0. The molecule has 0 atom stereocenters. The number of carbonyl (C=O) groups is 1. The van der Waals surface area contributed by atoms with Gasteiger partial charge in [0, 0.05) is 43.9 Å². The Morgan fingerprint density at radius 3 is 2.45 bits per heavy atom. The molecular formula is C25H28FN3O4. The van der Waals surface area contributed by atoms with Crippen molar-refractivity contribution in [2.75, 3.05) is 39.2 Å². The molecule has 1 saturated heterocycles. The molecule has 2 aromatic heterocycles. The zero-order valence-corrected chi connectivity index (χ0v) is 19.3. The standard InChI is InChI=1S/C25H28FN3O4/c1-16(30)33-25-20(17-5-8-23(32-4)21(26)13-17)14-24(31)29-15-19(6-7-22(25)29)28-11-9-18(10-12-28)27(2)3/h5-8,13-15,18H,9-12H2,1-4H3. The van der Waals surface area contributed by atoms with Gasteiger partial charge in [0.25, 0.3) is 5.56 Å². The van der Waals surface area contributed by atoms with Crippen LogP contribution in [0.5, 0.6) is 11.5 Å². The Kier molecular flexibility index (Phi) is 6.37. The predicted octanol–water partition coefficient (Wildman–Crippen LogP) is 3.57. The van der Waals surface area contributed by atoms with E-state index in [4.69, 9.17) is 9.47 Å². The van der Waals surface area contributed by atoms with Crippen molar-refractivity contribution in [3.63, 3.8) is 0 Å². The number of rotatable bonds is 5. The predicted molar refractivity (Wildman–Crippen MR) is 126 cm³/mol. The normalized spacial score (nSPS) is 14.7. The third-order valence-corrected chi connectivity index (χ3v) is 6.18. The average molecular weight is 454 g/mol. The Morgan fingerprint density at radius 1 is 1.12 bits per heavy atom. The highest BCUT2D eigenvalue weighted by molar-refractivity contribution is 5.84. The van der Waals surface area contributed by atoms with Crippen molar-refractivity contribution in [2.45, 2.75) is 25.8 Å². The lowest BCUT2D eigenvalue weighted by molar-refractivity contribution is -0.131. The smallest absolute Gasteiger partial charge is 0.308 e. The van der Waals surface area contributed by atoms with Gasteiger partial charge in [0.05, 0.1) is 18.3 Å². The van der Waals surface area contributed by atoms with Crippen LogP contribution in [0.3, 0.4) is 0 Å². The van der Waals surface area contributed by atoms with Gasteiger partial charge in [0.15, 0.2) is 17.3 Å². The van der Waals surface area contributed by atoms with Crippen LogP contribution in [0, 0.1) is 5.82 Å². The molecule has 7 nitrogen and oxygen atoms in total. The minimum atomic E-state index is -0.569. The molecule has 0 saturated carbocycles. The molecule has 1 aliphatic rings. The van der Waals surface area contributed by atoms with E-state index in [2.05, 4.69) is 23.9 Å². The van der Waals surface area contributed by atoms with E-state index in [1.165, 1.54) is 36.6 Å². The number of ether oxygens (including phenoxy) is 2. The van der Waals surface area contributed by atoms with Gasteiger partial charge in [0.2, 0.25) is 0 Å². The van der Waals surface area contributed by atoms with E-state index in [1.807, 2.05) is 6.07 Å². The molecule has 0 spiro atoms. The summed E-state index contributed by atoms with van der Waals surface area (Å²) in [6.45, 7) is 3.08. The molecule has 0 N–H and O–H groups in total. The van der Waals surface area contributed by atoms with Gasteiger partial charge in [-0.05, 0) is 56.8 Å². The number of esters is 1. The summed E-state index contributed by atoms with van der Waals surface area (Å²) in [5.74, 6) is -0.793. The Balaban J connectivity index is 1.79. The molecule has 3 aromatic rings. The molecule has 8 heteroatoms. The van der Waals surface area contributed by atoms with Crippen molar-refractivity contribution in [1.82, 2.24) is 9.30 Å². The molecule has 0 unspecified atom stereocenters. The van der Waals surface area contributed by atoms with Gasteiger partial charge in [-0.1, -0.05) is 6.07 Å². The lowest BCUT2D eigenvalue weighted by Gasteiger charge is -2.36. The van der Waals surface area contributed by atoms with E-state index in [9.17, 15) is 14.0 Å². The fraction of sp³-hybridized carbons (Fsp3) is 0.360. The first-order chi connectivity index (χ1) is 15.8. The molecule has 1 aromatic carbocycles. The fourth-order valence-electron chi connectivity index (χ4n) is 4.38. The number of hydrogen-bond donors (Lipinski definition) is 0. The molecule has 174 valence electrons. The lowest BCUT2D eigenvalue weighted by Crippen LogP contribution is -2.42. The number of fused-ring (bicyclic) bond motifs is 1. The molecule has 1 fully saturated rings. The van der Waals surface area contributed by atoms with Gasteiger partial charge in [-0.2, -0.15) is 0 Å². The largest absolute Gasteiger partial charge is 0.494 e. The van der Waals surface area contributed by atoms with E-state index in [1.54, 1.807) is 18.3 Å². The average Bonchev–Trinajstić information content (AvgIpc) is 2.80. The molecule has 3 heterocycles. The summed E-state index contributed by atoms with van der Waals surface area (Å²) in [7, 11) is 5.57. The Bertz CT molecular complexity index is 1250. The second kappa shape index (κ2) is 9.23. The summed E-state index contributed by atoms with van der Waals surface area (Å²) >= 11 is 0. The fourth-order valence-corrected chi connectivity index (χ4v) is 4.38. The van der Waals surface area contributed by atoms with Crippen LogP contribution in [0.25, 0.3) is 16.6 Å². The molecule has 4 rings (SSSR count). The van der Waals surface area contributed by atoms with E-state index in [0.717, 1.165) is 31.6 Å². The van der Waals surface area contributed by atoms with Crippen molar-refractivity contribution in [3.05, 3.63) is 58.8 Å². The molecule has 1 aliphatic heterocycles. The van der Waals surface area contributed by atoms with Crippen LogP contribution < -0.4 is 19.9 Å². The van der Waals surface area contributed by atoms with Gasteiger partial charge in [-0.3, -0.25) is 14.0 Å². The maximum atomic E-state index is 14.4. The summed E-state index contributed by atoms with van der Waals surface area (Å²) in [6, 6.07) is 9.99. The number of piperidine rings is 1. The van der Waals surface area contributed by atoms with Crippen LogP contribution in [-0.2, 0) is 4.79 Å². The lowest BCUT2D eigenvalue weighted by atomic mass is 10.0. The number of halogens is 1. The molecule has 0 radical (unpaired) electrons. The number of benzene rings is 1. The Hall–Kier alpha value is -3.39. The van der Waals surface area contributed by atoms with E-state index in [0.29, 0.717) is 22.7 Å². The van der Waals surface area contributed by atoms with Crippen LogP contribution in [0.4, 0.5) is 10.1 Å².